The van der Waals surface area contributed by atoms with Gasteiger partial charge in [0.25, 0.3) is 0 Å². The van der Waals surface area contributed by atoms with Crippen molar-refractivity contribution < 1.29 is 5.21 Å². The van der Waals surface area contributed by atoms with Crippen LogP contribution in [-0.2, 0) is 0 Å². The molecular formula is C17H25ClNO2Se-. The first-order chi connectivity index (χ1) is 10.2. The third-order valence-electron chi connectivity index (χ3n) is 4.87. The average molecular weight is 390 g/mol. The molecule has 0 amide bonds. The number of nitrogens with zero attached hydrogens (tertiary/aromatic N) is 1. The van der Waals surface area contributed by atoms with Crippen molar-refractivity contribution >= 4 is 31.0 Å². The molecule has 5 heteroatoms. The fraction of sp³-hybridized carbons (Fsp3) is 0.647. The van der Waals surface area contributed by atoms with Gasteiger partial charge in [-0.15, -0.1) is 0 Å². The predicted octanol–water partition coefficient (Wildman–Crippen LogP) is 4.25. The van der Waals surface area contributed by atoms with Crippen LogP contribution >= 0.6 is 11.6 Å². The van der Waals surface area contributed by atoms with E-state index in [1.54, 1.807) is 0 Å². The molecule has 1 aliphatic carbocycles. The summed E-state index contributed by atoms with van der Waals surface area (Å²) in [4.78, 5) is 0. The van der Waals surface area contributed by atoms with Gasteiger partial charge in [0, 0.05) is 0 Å². The molecule has 1 fully saturated rings. The Labute approximate surface area is 144 Å². The number of hydrogen-bond acceptors (Lipinski definition) is 3. The van der Waals surface area contributed by atoms with E-state index >= 15 is 0 Å². The van der Waals surface area contributed by atoms with Gasteiger partial charge in [-0.3, -0.25) is 0 Å². The molecule has 1 saturated carbocycles. The minimum absolute atomic E-state index is 0.171. The monoisotopic (exact) mass is 390 g/mol. The molecule has 0 atom stereocenters. The van der Waals surface area contributed by atoms with Crippen LogP contribution in [0.5, 0.6) is 0 Å². The second-order valence-electron chi connectivity index (χ2n) is 7.38. The van der Waals surface area contributed by atoms with Crippen molar-refractivity contribution in [3.63, 3.8) is 0 Å². The van der Waals surface area contributed by atoms with E-state index in [0.717, 1.165) is 36.0 Å². The first-order valence-corrected chi connectivity index (χ1v) is 10.2. The van der Waals surface area contributed by atoms with E-state index in [0.29, 0.717) is 5.92 Å². The molecule has 2 rings (SSSR count). The molecular weight excluding hydrogens is 365 g/mol. The predicted molar refractivity (Wildman–Crippen MR) is 92.8 cm³/mol. The van der Waals surface area contributed by atoms with Crippen LogP contribution in [0.1, 0.15) is 46.5 Å². The zero-order valence-electron chi connectivity index (χ0n) is 13.5. The molecule has 0 saturated heterocycles. The molecule has 1 N–H and O–H groups in total. The van der Waals surface area contributed by atoms with Crippen LogP contribution < -0.4 is 4.46 Å². The van der Waals surface area contributed by atoms with Crippen LogP contribution in [0, 0.1) is 16.5 Å². The van der Waals surface area contributed by atoms with Crippen LogP contribution in [0.2, 0.25) is 10.3 Å². The van der Waals surface area contributed by atoms with E-state index in [-0.39, 0.29) is 25.6 Å². The van der Waals surface area contributed by atoms with E-state index in [1.165, 1.54) is 4.46 Å². The Kier molecular flexibility index (Phi) is 5.98. The minimum atomic E-state index is -0.596. The van der Waals surface area contributed by atoms with Crippen LogP contribution in [0.4, 0.5) is 0 Å². The Morgan fingerprint density at radius 2 is 1.82 bits per heavy atom. The van der Waals surface area contributed by atoms with Gasteiger partial charge in [0.15, 0.2) is 0 Å². The number of hydroxylamine groups is 2. The summed E-state index contributed by atoms with van der Waals surface area (Å²) in [6.07, 6.45) is 3.59. The standard InChI is InChI=1S/C17H25ClNO2Se/c1-16(2,3)13-8-10-17(11-9-13,19(20)21)12-22-15-6-4-14(18)5-7-15/h4-7,13,20H,8-12H2,1-3H3/q-1. The molecule has 0 heterocycles. The number of rotatable bonds is 4. The molecule has 1 aromatic carbocycles. The summed E-state index contributed by atoms with van der Waals surface area (Å²) in [6, 6.07) is 7.80. The van der Waals surface area contributed by atoms with Gasteiger partial charge in [0.2, 0.25) is 0 Å². The third-order valence-corrected chi connectivity index (χ3v) is 7.82. The summed E-state index contributed by atoms with van der Waals surface area (Å²) in [5.74, 6) is 0.628. The van der Waals surface area contributed by atoms with Gasteiger partial charge in [-0.05, 0) is 0 Å². The Bertz CT molecular complexity index is 476. The SMILES string of the molecule is CC(C)(C)C1CCC(C[Se]c2ccc(Cl)cc2)(N([O-])O)CC1. The third kappa shape index (κ3) is 4.47. The molecule has 3 nitrogen and oxygen atoms in total. The van der Waals surface area contributed by atoms with Crippen LogP contribution in [-0.4, -0.2) is 30.9 Å². The number of benzene rings is 1. The first kappa shape index (κ1) is 18.3. The number of halogens is 1. The summed E-state index contributed by atoms with van der Waals surface area (Å²) in [7, 11) is 0. The van der Waals surface area contributed by atoms with E-state index in [9.17, 15) is 10.4 Å². The zero-order chi connectivity index (χ0) is 16.4. The molecule has 1 aliphatic rings. The first-order valence-electron chi connectivity index (χ1n) is 7.78. The van der Waals surface area contributed by atoms with Gasteiger partial charge in [-0.2, -0.15) is 0 Å². The van der Waals surface area contributed by atoms with Crippen molar-refractivity contribution in [2.24, 2.45) is 11.3 Å². The number of hydrogen-bond donors (Lipinski definition) is 1. The molecule has 22 heavy (non-hydrogen) atoms. The Balaban J connectivity index is 2.00. The summed E-state index contributed by atoms with van der Waals surface area (Å²) in [6.45, 7) is 6.78. The van der Waals surface area contributed by atoms with Crippen molar-refractivity contribution in [2.45, 2.75) is 57.3 Å². The molecule has 0 unspecified atom stereocenters. The molecule has 0 aliphatic heterocycles. The van der Waals surface area contributed by atoms with Crippen molar-refractivity contribution in [2.75, 3.05) is 0 Å². The maximum absolute atomic E-state index is 11.8. The Hall–Kier alpha value is -0.0905. The summed E-state index contributed by atoms with van der Waals surface area (Å²) in [5, 5.41) is 23.3. The maximum atomic E-state index is 11.8. The van der Waals surface area contributed by atoms with Gasteiger partial charge < -0.3 is 0 Å². The van der Waals surface area contributed by atoms with Gasteiger partial charge in [-0.25, -0.2) is 0 Å². The van der Waals surface area contributed by atoms with Crippen molar-refractivity contribution in [3.8, 4) is 0 Å². The molecule has 0 radical (unpaired) electrons. The second-order valence-corrected chi connectivity index (χ2v) is 10.0. The summed E-state index contributed by atoms with van der Waals surface area (Å²) < 4.78 is 1.22. The van der Waals surface area contributed by atoms with Crippen LogP contribution in [0.15, 0.2) is 24.3 Å². The normalized spacial score (nSPS) is 26.4. The second kappa shape index (κ2) is 7.21. The van der Waals surface area contributed by atoms with Crippen molar-refractivity contribution in [1.29, 1.82) is 0 Å². The van der Waals surface area contributed by atoms with Crippen molar-refractivity contribution in [1.82, 2.24) is 5.23 Å². The summed E-state index contributed by atoms with van der Waals surface area (Å²) >= 11 is 6.08. The van der Waals surface area contributed by atoms with Crippen molar-refractivity contribution in [3.05, 3.63) is 34.5 Å². The van der Waals surface area contributed by atoms with Gasteiger partial charge in [0.1, 0.15) is 0 Å². The molecule has 0 aromatic heterocycles. The van der Waals surface area contributed by atoms with E-state index in [4.69, 9.17) is 11.6 Å². The zero-order valence-corrected chi connectivity index (χ0v) is 16.0. The Morgan fingerprint density at radius 3 is 2.27 bits per heavy atom. The van der Waals surface area contributed by atoms with Gasteiger partial charge in [0.05, 0.1) is 0 Å². The van der Waals surface area contributed by atoms with E-state index in [2.05, 4.69) is 20.8 Å². The van der Waals surface area contributed by atoms with Crippen LogP contribution in [0.3, 0.4) is 0 Å². The molecule has 124 valence electrons. The van der Waals surface area contributed by atoms with Gasteiger partial charge >= 0.3 is 145 Å². The Morgan fingerprint density at radius 1 is 1.27 bits per heavy atom. The molecule has 0 spiro atoms. The molecule has 1 aromatic rings. The van der Waals surface area contributed by atoms with Crippen LogP contribution in [0.25, 0.3) is 0 Å². The van der Waals surface area contributed by atoms with E-state index < -0.39 is 5.54 Å². The average Bonchev–Trinajstić information content (AvgIpc) is 2.46. The fourth-order valence-electron chi connectivity index (χ4n) is 3.16. The topological polar surface area (TPSA) is 46.5 Å². The van der Waals surface area contributed by atoms with Gasteiger partial charge in [-0.1, -0.05) is 0 Å². The molecule has 0 bridgehead atoms. The summed E-state index contributed by atoms with van der Waals surface area (Å²) in [5.41, 5.74) is -0.321. The van der Waals surface area contributed by atoms with E-state index in [1.807, 2.05) is 24.3 Å². The quantitative estimate of drug-likeness (QED) is 0.618. The fourth-order valence-corrected chi connectivity index (χ4v) is 5.73.